The maximum absolute atomic E-state index is 11.4. The number of phenols is 1. The molecule has 0 fully saturated rings. The van der Waals surface area contributed by atoms with Crippen LogP contribution in [0.1, 0.15) is 10.4 Å². The zero-order chi connectivity index (χ0) is 14.4. The van der Waals surface area contributed by atoms with Crippen LogP contribution in [0.2, 0.25) is 0 Å². The summed E-state index contributed by atoms with van der Waals surface area (Å²) in [4.78, 5) is 33.0. The Bertz CT molecular complexity index is 518. The van der Waals surface area contributed by atoms with Gasteiger partial charge in [0.25, 0.3) is 0 Å². The van der Waals surface area contributed by atoms with Crippen LogP contribution in [0, 0.1) is 0 Å². The lowest BCUT2D eigenvalue weighted by Crippen LogP contribution is -2.33. The normalized spacial score (nSPS) is 9.74. The number of nitrogens with one attached hydrogen (secondary N) is 2. The van der Waals surface area contributed by atoms with Gasteiger partial charge in [-0.25, -0.2) is 4.79 Å². The summed E-state index contributed by atoms with van der Waals surface area (Å²) in [6, 6.07) is 3.65. The topological polar surface area (TPSA) is 116 Å². The van der Waals surface area contributed by atoms with Crippen LogP contribution in [-0.4, -0.2) is 39.0 Å². The van der Waals surface area contributed by atoms with Crippen LogP contribution in [0.4, 0.5) is 5.69 Å². The smallest absolute Gasteiger partial charge is 0.339 e. The summed E-state index contributed by atoms with van der Waals surface area (Å²) in [5.41, 5.74) is -0.00700. The van der Waals surface area contributed by atoms with Crippen molar-refractivity contribution in [2.24, 2.45) is 0 Å². The largest absolute Gasteiger partial charge is 0.507 e. The lowest BCUT2D eigenvalue weighted by molar-refractivity contribution is -0.122. The van der Waals surface area contributed by atoms with Crippen molar-refractivity contribution in [1.29, 1.82) is 0 Å². The fourth-order valence-electron chi connectivity index (χ4n) is 1.22. The van der Waals surface area contributed by atoms with E-state index >= 15 is 0 Å². The van der Waals surface area contributed by atoms with Crippen LogP contribution in [0.5, 0.6) is 5.75 Å². The van der Waals surface area contributed by atoms with E-state index in [0.29, 0.717) is 0 Å². The molecular weight excluding hydrogens is 367 g/mol. The second-order valence-electron chi connectivity index (χ2n) is 3.50. The number of carboxylic acid groups (broad SMARTS) is 1. The predicted octanol–water partition coefficient (Wildman–Crippen LogP) is 0.580. The van der Waals surface area contributed by atoms with E-state index in [-0.39, 0.29) is 28.1 Å². The minimum Gasteiger partial charge on any atom is -0.507 e. The van der Waals surface area contributed by atoms with Crippen molar-refractivity contribution in [2.75, 3.05) is 16.3 Å². The monoisotopic (exact) mass is 378 g/mol. The summed E-state index contributed by atoms with van der Waals surface area (Å²) in [6.45, 7) is -0.191. The lowest BCUT2D eigenvalue weighted by Gasteiger charge is -2.07. The molecule has 0 bridgehead atoms. The van der Waals surface area contributed by atoms with Crippen LogP contribution in [0.25, 0.3) is 0 Å². The molecule has 0 aromatic heterocycles. The summed E-state index contributed by atoms with van der Waals surface area (Å²) in [5, 5.41) is 22.9. The quantitative estimate of drug-likeness (QED) is 0.442. The van der Waals surface area contributed by atoms with Crippen molar-refractivity contribution in [3.05, 3.63) is 23.8 Å². The Morgan fingerprint density at radius 2 is 1.89 bits per heavy atom. The number of aromatic hydroxyl groups is 1. The summed E-state index contributed by atoms with van der Waals surface area (Å²) in [5.74, 6) is -2.44. The number of carboxylic acids is 1. The van der Waals surface area contributed by atoms with Gasteiger partial charge >= 0.3 is 5.97 Å². The molecule has 7 nitrogen and oxygen atoms in total. The van der Waals surface area contributed by atoms with Crippen LogP contribution in [0.3, 0.4) is 0 Å². The number of carbonyl (C=O) groups is 3. The highest BCUT2D eigenvalue weighted by atomic mass is 127. The minimum atomic E-state index is -1.26. The molecule has 0 spiro atoms. The highest BCUT2D eigenvalue weighted by Gasteiger charge is 2.11. The van der Waals surface area contributed by atoms with E-state index in [0.717, 1.165) is 6.07 Å². The average molecular weight is 378 g/mol. The molecule has 0 heterocycles. The van der Waals surface area contributed by atoms with Gasteiger partial charge in [-0.2, -0.15) is 0 Å². The molecule has 1 aromatic carbocycles. The predicted molar refractivity (Wildman–Crippen MR) is 75.6 cm³/mol. The average Bonchev–Trinajstić information content (AvgIpc) is 2.35. The van der Waals surface area contributed by atoms with Gasteiger partial charge in [0.05, 0.1) is 11.0 Å². The summed E-state index contributed by atoms with van der Waals surface area (Å²) >= 11 is 1.87. The number of benzene rings is 1. The number of hydrogen-bond acceptors (Lipinski definition) is 4. The van der Waals surface area contributed by atoms with E-state index in [4.69, 9.17) is 5.11 Å². The van der Waals surface area contributed by atoms with E-state index < -0.39 is 17.6 Å². The Kier molecular flexibility index (Phi) is 5.55. The molecule has 2 amide bonds. The third-order valence-electron chi connectivity index (χ3n) is 2.08. The Morgan fingerprint density at radius 1 is 1.21 bits per heavy atom. The first kappa shape index (κ1) is 15.2. The number of aromatic carboxylic acids is 1. The number of hydrogen-bond donors (Lipinski definition) is 4. The van der Waals surface area contributed by atoms with Crippen molar-refractivity contribution in [1.82, 2.24) is 5.32 Å². The first-order valence-electron chi connectivity index (χ1n) is 5.13. The standard InChI is InChI=1S/C11H11IN2O5/c12-4-9(16)13-5-10(17)14-6-1-2-7(11(18)19)8(15)3-6/h1-3,15H,4-5H2,(H,13,16)(H,14,17)(H,18,19). The molecule has 102 valence electrons. The highest BCUT2D eigenvalue weighted by Crippen LogP contribution is 2.21. The lowest BCUT2D eigenvalue weighted by atomic mass is 10.2. The number of halogens is 1. The molecule has 0 aliphatic carbocycles. The zero-order valence-electron chi connectivity index (χ0n) is 9.64. The van der Waals surface area contributed by atoms with Gasteiger partial charge < -0.3 is 20.8 Å². The van der Waals surface area contributed by atoms with Crippen molar-refractivity contribution in [3.8, 4) is 5.75 Å². The van der Waals surface area contributed by atoms with Crippen molar-refractivity contribution in [2.45, 2.75) is 0 Å². The van der Waals surface area contributed by atoms with Gasteiger partial charge in [-0.1, -0.05) is 22.6 Å². The third-order valence-corrected chi connectivity index (χ3v) is 2.77. The first-order chi connectivity index (χ1) is 8.93. The van der Waals surface area contributed by atoms with Crippen molar-refractivity contribution >= 4 is 46.1 Å². The molecule has 4 N–H and O–H groups in total. The molecule has 0 saturated carbocycles. The number of anilines is 1. The Labute approximate surface area is 122 Å². The van der Waals surface area contributed by atoms with Gasteiger partial charge in [0.2, 0.25) is 11.8 Å². The molecule has 1 rings (SSSR count). The van der Waals surface area contributed by atoms with Gasteiger partial charge in [0.1, 0.15) is 11.3 Å². The number of rotatable bonds is 5. The Hall–Kier alpha value is -1.84. The summed E-state index contributed by atoms with van der Waals surface area (Å²) in [7, 11) is 0. The first-order valence-corrected chi connectivity index (χ1v) is 6.65. The molecule has 0 aliphatic rings. The second kappa shape index (κ2) is 6.92. The molecule has 0 unspecified atom stereocenters. The molecule has 0 aliphatic heterocycles. The third kappa shape index (κ3) is 4.73. The van der Waals surface area contributed by atoms with Gasteiger partial charge in [0.15, 0.2) is 0 Å². The van der Waals surface area contributed by atoms with E-state index in [2.05, 4.69) is 10.6 Å². The Morgan fingerprint density at radius 3 is 2.42 bits per heavy atom. The molecule has 19 heavy (non-hydrogen) atoms. The fourth-order valence-corrected chi connectivity index (χ4v) is 1.49. The van der Waals surface area contributed by atoms with E-state index in [9.17, 15) is 19.5 Å². The maximum atomic E-state index is 11.4. The second-order valence-corrected chi connectivity index (χ2v) is 4.26. The summed E-state index contributed by atoms with van der Waals surface area (Å²) in [6.07, 6.45) is 0. The van der Waals surface area contributed by atoms with Crippen LogP contribution in [-0.2, 0) is 9.59 Å². The molecular formula is C11H11IN2O5. The molecule has 0 atom stereocenters. The van der Waals surface area contributed by atoms with Gasteiger partial charge in [-0.3, -0.25) is 9.59 Å². The van der Waals surface area contributed by atoms with Gasteiger partial charge in [-0.15, -0.1) is 0 Å². The zero-order valence-corrected chi connectivity index (χ0v) is 11.8. The molecule has 0 saturated heterocycles. The van der Waals surface area contributed by atoms with Crippen LogP contribution >= 0.6 is 22.6 Å². The van der Waals surface area contributed by atoms with Crippen molar-refractivity contribution < 1.29 is 24.6 Å². The van der Waals surface area contributed by atoms with E-state index in [1.807, 2.05) is 22.6 Å². The Balaban J connectivity index is 2.63. The number of alkyl halides is 1. The van der Waals surface area contributed by atoms with Gasteiger partial charge in [0, 0.05) is 11.8 Å². The fraction of sp³-hybridized carbons (Fsp3) is 0.182. The van der Waals surface area contributed by atoms with E-state index in [1.54, 1.807) is 0 Å². The summed E-state index contributed by atoms with van der Waals surface area (Å²) < 4.78 is 0.249. The van der Waals surface area contributed by atoms with Crippen LogP contribution < -0.4 is 10.6 Å². The van der Waals surface area contributed by atoms with Crippen LogP contribution in [0.15, 0.2) is 18.2 Å². The minimum absolute atomic E-state index is 0.191. The molecule has 8 heteroatoms. The maximum Gasteiger partial charge on any atom is 0.339 e. The highest BCUT2D eigenvalue weighted by molar-refractivity contribution is 14.1. The number of carbonyl (C=O) groups excluding carboxylic acids is 2. The molecule has 1 aromatic rings. The molecule has 0 radical (unpaired) electrons. The van der Waals surface area contributed by atoms with Gasteiger partial charge in [-0.05, 0) is 12.1 Å². The van der Waals surface area contributed by atoms with Crippen molar-refractivity contribution in [3.63, 3.8) is 0 Å². The SMILES string of the molecule is O=C(CI)NCC(=O)Nc1ccc(C(=O)O)c(O)c1. The van der Waals surface area contributed by atoms with E-state index in [1.165, 1.54) is 12.1 Å². The number of amides is 2.